The molecule has 6 nitrogen and oxygen atoms in total. The van der Waals surface area contributed by atoms with Gasteiger partial charge >= 0.3 is 12.0 Å². The minimum Gasteiger partial charge on any atom is -0.479 e. The number of anilines is 1. The molecule has 0 fully saturated rings. The Labute approximate surface area is 125 Å². The molecular formula is C10H10BrIN2O4. The van der Waals surface area contributed by atoms with Crippen molar-refractivity contribution in [1.29, 1.82) is 0 Å². The lowest BCUT2D eigenvalue weighted by atomic mass is 10.3. The van der Waals surface area contributed by atoms with E-state index in [2.05, 4.69) is 49.2 Å². The zero-order valence-electron chi connectivity index (χ0n) is 8.98. The third-order valence-corrected chi connectivity index (χ3v) is 4.24. The monoisotopic (exact) mass is 428 g/mol. The van der Waals surface area contributed by atoms with Crippen molar-refractivity contribution in [1.82, 2.24) is 5.32 Å². The number of amides is 2. The van der Waals surface area contributed by atoms with Crippen molar-refractivity contribution >= 4 is 56.2 Å². The molecule has 0 saturated carbocycles. The van der Waals surface area contributed by atoms with Gasteiger partial charge in [-0.05, 0) is 56.7 Å². The molecule has 98 valence electrons. The largest absolute Gasteiger partial charge is 0.479 e. The molecule has 8 heteroatoms. The normalized spacial score (nSPS) is 11.7. The van der Waals surface area contributed by atoms with Crippen LogP contribution >= 0.6 is 38.5 Å². The first-order valence-electron chi connectivity index (χ1n) is 4.81. The lowest BCUT2D eigenvalue weighted by Crippen LogP contribution is -2.38. The van der Waals surface area contributed by atoms with Crippen molar-refractivity contribution in [3.63, 3.8) is 0 Å². The molecule has 1 aromatic rings. The average molecular weight is 429 g/mol. The van der Waals surface area contributed by atoms with Crippen molar-refractivity contribution in [3.8, 4) is 0 Å². The van der Waals surface area contributed by atoms with E-state index in [1.165, 1.54) is 0 Å². The Bertz CT molecular complexity index is 469. The molecule has 2 amide bonds. The minimum atomic E-state index is -1.61. The molecule has 0 aliphatic carbocycles. The highest BCUT2D eigenvalue weighted by atomic mass is 127. The van der Waals surface area contributed by atoms with Gasteiger partial charge in [0.2, 0.25) is 0 Å². The Hall–Kier alpha value is -0.870. The van der Waals surface area contributed by atoms with Gasteiger partial charge in [-0.2, -0.15) is 0 Å². The van der Waals surface area contributed by atoms with E-state index in [9.17, 15) is 9.59 Å². The number of hydrogen-bond donors (Lipinski definition) is 4. The molecule has 1 aromatic carbocycles. The van der Waals surface area contributed by atoms with Crippen LogP contribution in [-0.2, 0) is 4.79 Å². The second-order valence-corrected chi connectivity index (χ2v) is 5.33. The van der Waals surface area contributed by atoms with Gasteiger partial charge in [0.05, 0.1) is 6.54 Å². The number of carboxylic acid groups (broad SMARTS) is 1. The van der Waals surface area contributed by atoms with Crippen molar-refractivity contribution in [3.05, 3.63) is 26.2 Å². The van der Waals surface area contributed by atoms with Crippen LogP contribution in [0.4, 0.5) is 10.5 Å². The summed E-state index contributed by atoms with van der Waals surface area (Å²) < 4.78 is 1.84. The Morgan fingerprint density at radius 1 is 1.44 bits per heavy atom. The van der Waals surface area contributed by atoms with E-state index in [0.29, 0.717) is 5.69 Å². The molecule has 18 heavy (non-hydrogen) atoms. The first kappa shape index (κ1) is 15.2. The van der Waals surface area contributed by atoms with Crippen LogP contribution in [0.2, 0.25) is 0 Å². The smallest absolute Gasteiger partial charge is 0.334 e. The summed E-state index contributed by atoms with van der Waals surface area (Å²) in [6.07, 6.45) is -1.61. The van der Waals surface area contributed by atoms with Crippen LogP contribution in [0, 0.1) is 3.57 Å². The highest BCUT2D eigenvalue weighted by molar-refractivity contribution is 14.1. The van der Waals surface area contributed by atoms with Crippen LogP contribution in [0.1, 0.15) is 0 Å². The van der Waals surface area contributed by atoms with Crippen LogP contribution in [0.25, 0.3) is 0 Å². The number of aliphatic hydroxyl groups is 1. The third-order valence-electron chi connectivity index (χ3n) is 1.92. The SMILES string of the molecule is O=C(NC[C@H](O)C(=O)O)Nc1ccc(Br)c(I)c1. The first-order valence-corrected chi connectivity index (χ1v) is 6.68. The third kappa shape index (κ3) is 4.78. The molecule has 0 aliphatic rings. The summed E-state index contributed by atoms with van der Waals surface area (Å²) in [6, 6.07) is 4.65. The van der Waals surface area contributed by atoms with Crippen molar-refractivity contribution in [2.75, 3.05) is 11.9 Å². The fourth-order valence-corrected chi connectivity index (χ4v) is 1.79. The van der Waals surface area contributed by atoms with Crippen LogP contribution < -0.4 is 10.6 Å². The van der Waals surface area contributed by atoms with Crippen LogP contribution in [0.5, 0.6) is 0 Å². The number of hydrogen-bond acceptors (Lipinski definition) is 3. The molecule has 1 atom stereocenters. The Kier molecular flexibility index (Phi) is 5.82. The topological polar surface area (TPSA) is 98.7 Å². The molecular weight excluding hydrogens is 419 g/mol. The molecule has 0 radical (unpaired) electrons. The van der Waals surface area contributed by atoms with Gasteiger partial charge in [0.15, 0.2) is 6.10 Å². The van der Waals surface area contributed by atoms with Crippen molar-refractivity contribution in [2.24, 2.45) is 0 Å². The van der Waals surface area contributed by atoms with E-state index in [1.807, 2.05) is 0 Å². The quantitative estimate of drug-likeness (QED) is 0.547. The molecule has 0 unspecified atom stereocenters. The molecule has 4 N–H and O–H groups in total. The summed E-state index contributed by atoms with van der Waals surface area (Å²) in [4.78, 5) is 21.7. The first-order chi connectivity index (χ1) is 8.40. The Balaban J connectivity index is 2.49. The maximum Gasteiger partial charge on any atom is 0.334 e. The van der Waals surface area contributed by atoms with Gasteiger partial charge < -0.3 is 20.8 Å². The standard InChI is InChI=1S/C10H10BrIN2O4/c11-6-2-1-5(3-7(6)12)14-10(18)13-4-8(15)9(16)17/h1-3,8,15H,4H2,(H,16,17)(H2,13,14,18)/t8-/m0/s1. The number of urea groups is 1. The van der Waals surface area contributed by atoms with E-state index in [1.54, 1.807) is 18.2 Å². The zero-order chi connectivity index (χ0) is 13.7. The molecule has 0 saturated heterocycles. The number of carboxylic acids is 1. The lowest BCUT2D eigenvalue weighted by Gasteiger charge is -2.10. The van der Waals surface area contributed by atoms with Crippen LogP contribution in [0.3, 0.4) is 0 Å². The summed E-state index contributed by atoms with van der Waals surface area (Å²) in [5, 5.41) is 22.2. The minimum absolute atomic E-state index is 0.352. The predicted octanol–water partition coefficient (Wildman–Crippen LogP) is 1.62. The van der Waals surface area contributed by atoms with Gasteiger partial charge in [-0.25, -0.2) is 9.59 Å². The van der Waals surface area contributed by atoms with Crippen molar-refractivity contribution < 1.29 is 19.8 Å². The van der Waals surface area contributed by atoms with Gasteiger partial charge in [-0.1, -0.05) is 0 Å². The maximum absolute atomic E-state index is 11.4. The molecule has 0 spiro atoms. The van der Waals surface area contributed by atoms with Gasteiger partial charge in [0.1, 0.15) is 0 Å². The van der Waals surface area contributed by atoms with Gasteiger partial charge in [0, 0.05) is 13.7 Å². The number of halogens is 2. The molecule has 0 aliphatic heterocycles. The van der Waals surface area contributed by atoms with E-state index in [4.69, 9.17) is 10.2 Å². The lowest BCUT2D eigenvalue weighted by molar-refractivity contribution is -0.146. The van der Waals surface area contributed by atoms with Crippen molar-refractivity contribution in [2.45, 2.75) is 6.10 Å². The number of carbonyl (C=O) groups is 2. The summed E-state index contributed by atoms with van der Waals surface area (Å²) in [5.74, 6) is -1.38. The number of benzene rings is 1. The molecule has 0 bridgehead atoms. The number of aliphatic hydroxyl groups excluding tert-OH is 1. The summed E-state index contributed by atoms with van der Waals surface area (Å²) in [6.45, 7) is -0.352. The fraction of sp³-hybridized carbons (Fsp3) is 0.200. The van der Waals surface area contributed by atoms with Gasteiger partial charge in [-0.3, -0.25) is 0 Å². The maximum atomic E-state index is 11.4. The van der Waals surface area contributed by atoms with E-state index in [-0.39, 0.29) is 6.54 Å². The fourth-order valence-electron chi connectivity index (χ4n) is 1.03. The molecule has 0 aromatic heterocycles. The van der Waals surface area contributed by atoms with E-state index >= 15 is 0 Å². The zero-order valence-corrected chi connectivity index (χ0v) is 12.7. The highest BCUT2D eigenvalue weighted by Crippen LogP contribution is 2.22. The van der Waals surface area contributed by atoms with Crippen LogP contribution in [0.15, 0.2) is 22.7 Å². The van der Waals surface area contributed by atoms with E-state index in [0.717, 1.165) is 8.04 Å². The summed E-state index contributed by atoms with van der Waals surface area (Å²) >= 11 is 5.43. The Morgan fingerprint density at radius 2 is 2.11 bits per heavy atom. The van der Waals surface area contributed by atoms with Gasteiger partial charge in [-0.15, -0.1) is 0 Å². The second kappa shape index (κ2) is 6.90. The highest BCUT2D eigenvalue weighted by Gasteiger charge is 2.14. The van der Waals surface area contributed by atoms with Crippen LogP contribution in [-0.4, -0.2) is 34.9 Å². The Morgan fingerprint density at radius 3 is 2.67 bits per heavy atom. The molecule has 0 heterocycles. The summed E-state index contributed by atoms with van der Waals surface area (Å²) in [7, 11) is 0. The number of rotatable bonds is 4. The van der Waals surface area contributed by atoms with Gasteiger partial charge in [0.25, 0.3) is 0 Å². The van der Waals surface area contributed by atoms with E-state index < -0.39 is 18.1 Å². The second-order valence-electron chi connectivity index (χ2n) is 3.32. The average Bonchev–Trinajstić information content (AvgIpc) is 2.30. The summed E-state index contributed by atoms with van der Waals surface area (Å²) in [5.41, 5.74) is 0.574. The predicted molar refractivity (Wildman–Crippen MR) is 77.5 cm³/mol. The molecule has 1 rings (SSSR count). The number of nitrogens with one attached hydrogen (secondary N) is 2. The number of carbonyl (C=O) groups excluding carboxylic acids is 1. The number of aliphatic carboxylic acids is 1.